The van der Waals surface area contributed by atoms with Gasteiger partial charge in [-0.2, -0.15) is 10.1 Å². The SMILES string of the molecule is CCn1cc([C@@H]2CN(Cc3nc(CC(C)C)no3)CCO2)cn1. The van der Waals surface area contributed by atoms with Gasteiger partial charge in [-0.15, -0.1) is 0 Å². The third kappa shape index (κ3) is 4.17. The van der Waals surface area contributed by atoms with Crippen LogP contribution in [0.3, 0.4) is 0 Å². The van der Waals surface area contributed by atoms with E-state index < -0.39 is 0 Å². The van der Waals surface area contributed by atoms with E-state index in [1.165, 1.54) is 0 Å². The number of morpholine rings is 1. The normalized spacial score (nSPS) is 19.6. The lowest BCUT2D eigenvalue weighted by Crippen LogP contribution is -2.37. The molecule has 0 aromatic carbocycles. The van der Waals surface area contributed by atoms with Crippen LogP contribution in [-0.2, 0) is 24.2 Å². The first kappa shape index (κ1) is 16.1. The van der Waals surface area contributed by atoms with Gasteiger partial charge in [0.05, 0.1) is 25.5 Å². The number of aromatic nitrogens is 4. The van der Waals surface area contributed by atoms with Gasteiger partial charge in [0.2, 0.25) is 5.89 Å². The molecule has 1 fully saturated rings. The number of rotatable bonds is 6. The minimum absolute atomic E-state index is 0.0575. The number of nitrogens with zero attached hydrogens (tertiary/aromatic N) is 5. The van der Waals surface area contributed by atoms with Crippen LogP contribution in [0.2, 0.25) is 0 Å². The average Bonchev–Trinajstić information content (AvgIpc) is 3.16. The maximum Gasteiger partial charge on any atom is 0.240 e. The Morgan fingerprint density at radius 3 is 3.00 bits per heavy atom. The van der Waals surface area contributed by atoms with Crippen LogP contribution in [0.1, 0.15) is 44.2 Å². The van der Waals surface area contributed by atoms with Crippen molar-refractivity contribution in [1.29, 1.82) is 0 Å². The summed E-state index contributed by atoms with van der Waals surface area (Å²) in [6, 6.07) is 0. The van der Waals surface area contributed by atoms with Crippen LogP contribution in [0.4, 0.5) is 0 Å². The summed E-state index contributed by atoms with van der Waals surface area (Å²) in [5.41, 5.74) is 1.13. The highest BCUT2D eigenvalue weighted by Crippen LogP contribution is 2.22. The molecule has 3 rings (SSSR count). The molecule has 0 spiro atoms. The number of hydrogen-bond donors (Lipinski definition) is 0. The summed E-state index contributed by atoms with van der Waals surface area (Å²) in [5, 5.41) is 8.38. The van der Waals surface area contributed by atoms with Crippen molar-refractivity contribution < 1.29 is 9.26 Å². The molecule has 1 atom stereocenters. The largest absolute Gasteiger partial charge is 0.371 e. The Labute approximate surface area is 136 Å². The van der Waals surface area contributed by atoms with Gasteiger partial charge in [0, 0.05) is 37.8 Å². The topological polar surface area (TPSA) is 69.2 Å². The molecule has 1 saturated heterocycles. The van der Waals surface area contributed by atoms with E-state index in [-0.39, 0.29) is 6.10 Å². The van der Waals surface area contributed by atoms with Crippen LogP contribution in [0.15, 0.2) is 16.9 Å². The van der Waals surface area contributed by atoms with Gasteiger partial charge in [0.25, 0.3) is 0 Å². The van der Waals surface area contributed by atoms with Crippen molar-refractivity contribution in [3.05, 3.63) is 29.7 Å². The molecule has 0 radical (unpaired) electrons. The first-order chi connectivity index (χ1) is 11.1. The van der Waals surface area contributed by atoms with Crippen molar-refractivity contribution in [2.24, 2.45) is 5.92 Å². The second-order valence-corrected chi connectivity index (χ2v) is 6.43. The molecule has 0 bridgehead atoms. The van der Waals surface area contributed by atoms with Crippen LogP contribution in [0.25, 0.3) is 0 Å². The highest BCUT2D eigenvalue weighted by atomic mass is 16.5. The standard InChI is InChI=1S/C16H25N5O2/c1-4-21-9-13(8-17-21)14-10-20(5-6-22-14)11-16-18-15(19-23-16)7-12(2)3/h8-9,12,14H,4-7,10-11H2,1-3H3/t14-/m0/s1. The quantitative estimate of drug-likeness (QED) is 0.812. The van der Waals surface area contributed by atoms with Gasteiger partial charge in [0.1, 0.15) is 0 Å². The molecule has 7 heteroatoms. The Kier molecular flexibility index (Phi) is 5.07. The van der Waals surface area contributed by atoms with E-state index in [9.17, 15) is 0 Å². The average molecular weight is 319 g/mol. The van der Waals surface area contributed by atoms with Gasteiger partial charge in [-0.3, -0.25) is 9.58 Å². The number of ether oxygens (including phenoxy) is 1. The zero-order valence-electron chi connectivity index (χ0n) is 14.1. The van der Waals surface area contributed by atoms with Crippen LogP contribution in [-0.4, -0.2) is 44.5 Å². The zero-order chi connectivity index (χ0) is 16.2. The molecule has 2 aromatic heterocycles. The summed E-state index contributed by atoms with van der Waals surface area (Å²) in [4.78, 5) is 6.78. The molecule has 23 heavy (non-hydrogen) atoms. The lowest BCUT2D eigenvalue weighted by Gasteiger charge is -2.31. The van der Waals surface area contributed by atoms with Gasteiger partial charge >= 0.3 is 0 Å². The summed E-state index contributed by atoms with van der Waals surface area (Å²) < 4.78 is 13.2. The van der Waals surface area contributed by atoms with Crippen molar-refractivity contribution in [1.82, 2.24) is 24.8 Å². The fourth-order valence-electron chi connectivity index (χ4n) is 2.76. The minimum atomic E-state index is 0.0575. The first-order valence-corrected chi connectivity index (χ1v) is 8.31. The van der Waals surface area contributed by atoms with Gasteiger partial charge < -0.3 is 9.26 Å². The summed E-state index contributed by atoms with van der Waals surface area (Å²) in [7, 11) is 0. The second-order valence-electron chi connectivity index (χ2n) is 6.43. The molecule has 0 aliphatic carbocycles. The monoisotopic (exact) mass is 319 g/mol. The zero-order valence-corrected chi connectivity index (χ0v) is 14.1. The van der Waals surface area contributed by atoms with Gasteiger partial charge in [-0.25, -0.2) is 0 Å². The highest BCUT2D eigenvalue weighted by Gasteiger charge is 2.24. The molecule has 0 N–H and O–H groups in total. The van der Waals surface area contributed by atoms with Crippen molar-refractivity contribution in [3.63, 3.8) is 0 Å². The highest BCUT2D eigenvalue weighted by molar-refractivity contribution is 5.09. The lowest BCUT2D eigenvalue weighted by atomic mass is 10.1. The third-order valence-corrected chi connectivity index (χ3v) is 3.96. The van der Waals surface area contributed by atoms with E-state index in [2.05, 4.69) is 47.1 Å². The molecular weight excluding hydrogens is 294 g/mol. The predicted octanol–water partition coefficient (Wildman–Crippen LogP) is 2.06. The van der Waals surface area contributed by atoms with Crippen LogP contribution < -0.4 is 0 Å². The van der Waals surface area contributed by atoms with Crippen molar-refractivity contribution in [3.8, 4) is 0 Å². The molecule has 7 nitrogen and oxygen atoms in total. The first-order valence-electron chi connectivity index (χ1n) is 8.31. The van der Waals surface area contributed by atoms with Crippen LogP contribution in [0, 0.1) is 5.92 Å². The molecule has 126 valence electrons. The van der Waals surface area contributed by atoms with E-state index in [0.717, 1.165) is 37.4 Å². The van der Waals surface area contributed by atoms with Crippen LogP contribution >= 0.6 is 0 Å². The van der Waals surface area contributed by atoms with Crippen LogP contribution in [0.5, 0.6) is 0 Å². The molecule has 2 aromatic rings. The Hall–Kier alpha value is -1.73. The Balaban J connectivity index is 1.59. The number of aryl methyl sites for hydroxylation is 1. The third-order valence-electron chi connectivity index (χ3n) is 3.96. The van der Waals surface area contributed by atoms with Gasteiger partial charge in [-0.05, 0) is 12.8 Å². The van der Waals surface area contributed by atoms with E-state index in [4.69, 9.17) is 9.26 Å². The minimum Gasteiger partial charge on any atom is -0.371 e. The fraction of sp³-hybridized carbons (Fsp3) is 0.688. The Morgan fingerprint density at radius 1 is 1.39 bits per heavy atom. The molecule has 3 heterocycles. The summed E-state index contributed by atoms with van der Waals surface area (Å²) in [6.45, 7) is 10.3. The molecule has 1 aliphatic heterocycles. The Bertz CT molecular complexity index is 622. The van der Waals surface area contributed by atoms with Crippen molar-refractivity contribution >= 4 is 0 Å². The summed E-state index contributed by atoms with van der Waals surface area (Å²) in [6.07, 6.45) is 4.86. The van der Waals surface area contributed by atoms with Crippen molar-refractivity contribution in [2.45, 2.75) is 46.4 Å². The number of hydrogen-bond acceptors (Lipinski definition) is 6. The van der Waals surface area contributed by atoms with Crippen molar-refractivity contribution in [2.75, 3.05) is 19.7 Å². The lowest BCUT2D eigenvalue weighted by molar-refractivity contribution is -0.0356. The molecule has 0 unspecified atom stereocenters. The molecule has 1 aliphatic rings. The molecule has 0 amide bonds. The maximum atomic E-state index is 5.89. The van der Waals surface area contributed by atoms with Gasteiger partial charge in [0.15, 0.2) is 5.82 Å². The summed E-state index contributed by atoms with van der Waals surface area (Å²) >= 11 is 0. The fourth-order valence-corrected chi connectivity index (χ4v) is 2.76. The van der Waals surface area contributed by atoms with E-state index in [1.807, 2.05) is 10.9 Å². The van der Waals surface area contributed by atoms with Gasteiger partial charge in [-0.1, -0.05) is 19.0 Å². The van der Waals surface area contributed by atoms with E-state index in [0.29, 0.717) is 25.0 Å². The predicted molar refractivity (Wildman–Crippen MR) is 84.7 cm³/mol. The smallest absolute Gasteiger partial charge is 0.240 e. The second kappa shape index (κ2) is 7.23. The maximum absolute atomic E-state index is 5.89. The van der Waals surface area contributed by atoms with E-state index >= 15 is 0 Å². The molecular formula is C16H25N5O2. The summed E-state index contributed by atoms with van der Waals surface area (Å²) in [5.74, 6) is 2.01. The molecule has 0 saturated carbocycles. The Morgan fingerprint density at radius 2 is 2.26 bits per heavy atom. The van der Waals surface area contributed by atoms with E-state index in [1.54, 1.807) is 0 Å².